The Morgan fingerprint density at radius 1 is 1.27 bits per heavy atom. The smallest absolute Gasteiger partial charge is 0.261 e. The standard InChI is InChI=1S/C17H20N2O3/c1-11(2)9-19(16(21)12(3)4)17(22)15-6-5-13(10-20)7-14(15)8-18/h5-7,10-12H,9H2,1-4H3. The highest BCUT2D eigenvalue weighted by atomic mass is 16.2. The zero-order valence-electron chi connectivity index (χ0n) is 13.3. The molecule has 2 amide bonds. The first-order valence-corrected chi connectivity index (χ1v) is 7.16. The third-order valence-corrected chi connectivity index (χ3v) is 3.08. The van der Waals surface area contributed by atoms with Crippen molar-refractivity contribution in [2.24, 2.45) is 11.8 Å². The van der Waals surface area contributed by atoms with E-state index in [2.05, 4.69) is 0 Å². The predicted octanol–water partition coefficient (Wildman–Crippen LogP) is 2.65. The minimum Gasteiger partial charge on any atom is -0.298 e. The topological polar surface area (TPSA) is 78.2 Å². The summed E-state index contributed by atoms with van der Waals surface area (Å²) < 4.78 is 0. The van der Waals surface area contributed by atoms with E-state index in [4.69, 9.17) is 0 Å². The van der Waals surface area contributed by atoms with Gasteiger partial charge in [-0.3, -0.25) is 19.3 Å². The van der Waals surface area contributed by atoms with Gasteiger partial charge in [0.25, 0.3) is 5.91 Å². The van der Waals surface area contributed by atoms with Crippen LogP contribution in [0, 0.1) is 23.2 Å². The van der Waals surface area contributed by atoms with Gasteiger partial charge in [0.1, 0.15) is 6.29 Å². The Bertz CT molecular complexity index is 627. The molecule has 0 saturated heterocycles. The second kappa shape index (κ2) is 7.51. The van der Waals surface area contributed by atoms with Crippen molar-refractivity contribution >= 4 is 18.1 Å². The summed E-state index contributed by atoms with van der Waals surface area (Å²) >= 11 is 0. The normalized spacial score (nSPS) is 10.4. The molecule has 0 radical (unpaired) electrons. The molecule has 0 aliphatic heterocycles. The zero-order valence-corrected chi connectivity index (χ0v) is 13.3. The van der Waals surface area contributed by atoms with Gasteiger partial charge in [-0.1, -0.05) is 33.8 Å². The lowest BCUT2D eigenvalue weighted by molar-refractivity contribution is -0.132. The summed E-state index contributed by atoms with van der Waals surface area (Å²) in [5.41, 5.74) is 0.557. The van der Waals surface area contributed by atoms with Gasteiger partial charge in [-0.05, 0) is 18.1 Å². The van der Waals surface area contributed by atoms with E-state index in [1.165, 1.54) is 23.1 Å². The highest BCUT2D eigenvalue weighted by Crippen LogP contribution is 2.16. The molecule has 5 nitrogen and oxygen atoms in total. The molecule has 5 heteroatoms. The van der Waals surface area contributed by atoms with E-state index in [-0.39, 0.29) is 35.4 Å². The van der Waals surface area contributed by atoms with Crippen LogP contribution in [0.2, 0.25) is 0 Å². The Hall–Kier alpha value is -2.48. The Labute approximate surface area is 130 Å². The molecule has 0 N–H and O–H groups in total. The van der Waals surface area contributed by atoms with Crippen molar-refractivity contribution < 1.29 is 14.4 Å². The van der Waals surface area contributed by atoms with Gasteiger partial charge in [-0.25, -0.2) is 0 Å². The fraction of sp³-hybridized carbons (Fsp3) is 0.412. The third-order valence-electron chi connectivity index (χ3n) is 3.08. The van der Waals surface area contributed by atoms with E-state index in [9.17, 15) is 19.6 Å². The summed E-state index contributed by atoms with van der Waals surface area (Å²) in [4.78, 5) is 36.9. The maximum absolute atomic E-state index is 12.7. The Kier molecular flexibility index (Phi) is 6.00. The molecule has 1 rings (SSSR count). The number of aldehydes is 1. The third kappa shape index (κ3) is 4.01. The summed E-state index contributed by atoms with van der Waals surface area (Å²) in [6, 6.07) is 6.15. The van der Waals surface area contributed by atoms with Crippen LogP contribution in [0.4, 0.5) is 0 Å². The molecular formula is C17H20N2O3. The number of carbonyl (C=O) groups is 3. The van der Waals surface area contributed by atoms with Gasteiger partial charge in [-0.15, -0.1) is 0 Å². The summed E-state index contributed by atoms with van der Waals surface area (Å²) in [7, 11) is 0. The van der Waals surface area contributed by atoms with Crippen LogP contribution in [-0.2, 0) is 4.79 Å². The Morgan fingerprint density at radius 3 is 2.36 bits per heavy atom. The van der Waals surface area contributed by atoms with E-state index in [1.807, 2.05) is 19.9 Å². The summed E-state index contributed by atoms with van der Waals surface area (Å²) in [5, 5.41) is 9.18. The van der Waals surface area contributed by atoms with Crippen LogP contribution in [0.25, 0.3) is 0 Å². The number of hydrogen-bond acceptors (Lipinski definition) is 4. The number of benzene rings is 1. The van der Waals surface area contributed by atoms with Crippen molar-refractivity contribution in [1.82, 2.24) is 4.90 Å². The fourth-order valence-electron chi connectivity index (χ4n) is 2.01. The number of rotatable bonds is 5. The molecule has 0 aliphatic carbocycles. The second-order valence-electron chi connectivity index (χ2n) is 5.84. The van der Waals surface area contributed by atoms with Crippen LogP contribution in [0.15, 0.2) is 18.2 Å². The Balaban J connectivity index is 3.27. The number of carbonyl (C=O) groups excluding carboxylic acids is 3. The molecule has 1 aromatic carbocycles. The molecule has 0 fully saturated rings. The molecular weight excluding hydrogens is 280 g/mol. The maximum atomic E-state index is 12.7. The van der Waals surface area contributed by atoms with E-state index in [0.29, 0.717) is 11.8 Å². The molecule has 0 atom stereocenters. The van der Waals surface area contributed by atoms with Gasteiger partial charge in [0.05, 0.1) is 17.2 Å². The minimum atomic E-state index is -0.499. The van der Waals surface area contributed by atoms with Crippen LogP contribution in [0.5, 0.6) is 0 Å². The SMILES string of the molecule is CC(C)CN(C(=O)c1ccc(C=O)cc1C#N)C(=O)C(C)C. The molecule has 0 heterocycles. The average molecular weight is 300 g/mol. The molecule has 1 aromatic rings. The molecule has 0 bridgehead atoms. The minimum absolute atomic E-state index is 0.0971. The van der Waals surface area contributed by atoms with Crippen molar-refractivity contribution in [3.63, 3.8) is 0 Å². The fourth-order valence-corrected chi connectivity index (χ4v) is 2.01. The highest BCUT2D eigenvalue weighted by Gasteiger charge is 2.27. The monoisotopic (exact) mass is 300 g/mol. The van der Waals surface area contributed by atoms with Gasteiger partial charge >= 0.3 is 0 Å². The quantitative estimate of drug-likeness (QED) is 0.783. The van der Waals surface area contributed by atoms with E-state index >= 15 is 0 Å². The van der Waals surface area contributed by atoms with Crippen molar-refractivity contribution in [1.29, 1.82) is 5.26 Å². The summed E-state index contributed by atoms with van der Waals surface area (Å²) in [6.45, 7) is 7.56. The maximum Gasteiger partial charge on any atom is 0.261 e. The first kappa shape index (κ1) is 17.6. The molecule has 0 saturated carbocycles. The number of nitrogens with zero attached hydrogens (tertiary/aromatic N) is 2. The van der Waals surface area contributed by atoms with Crippen molar-refractivity contribution in [2.75, 3.05) is 6.54 Å². The molecule has 0 unspecified atom stereocenters. The predicted molar refractivity (Wildman–Crippen MR) is 82.3 cm³/mol. The van der Waals surface area contributed by atoms with Crippen LogP contribution in [-0.4, -0.2) is 29.5 Å². The number of nitriles is 1. The lowest BCUT2D eigenvalue weighted by Crippen LogP contribution is -2.42. The zero-order chi connectivity index (χ0) is 16.9. The lowest BCUT2D eigenvalue weighted by atomic mass is 10.0. The molecule has 0 spiro atoms. The summed E-state index contributed by atoms with van der Waals surface area (Å²) in [6.07, 6.45) is 0.611. The molecule has 0 aromatic heterocycles. The van der Waals surface area contributed by atoms with Crippen molar-refractivity contribution in [3.8, 4) is 6.07 Å². The highest BCUT2D eigenvalue weighted by molar-refractivity contribution is 6.06. The van der Waals surface area contributed by atoms with Crippen molar-refractivity contribution in [2.45, 2.75) is 27.7 Å². The van der Waals surface area contributed by atoms with Gasteiger partial charge in [0.2, 0.25) is 5.91 Å². The van der Waals surface area contributed by atoms with Gasteiger partial charge in [0.15, 0.2) is 0 Å². The molecule has 0 aliphatic rings. The van der Waals surface area contributed by atoms with E-state index in [1.54, 1.807) is 13.8 Å². The van der Waals surface area contributed by atoms with Crippen LogP contribution in [0.3, 0.4) is 0 Å². The number of hydrogen-bond donors (Lipinski definition) is 0. The number of amides is 2. The van der Waals surface area contributed by atoms with Gasteiger partial charge in [-0.2, -0.15) is 5.26 Å². The van der Waals surface area contributed by atoms with Crippen LogP contribution >= 0.6 is 0 Å². The Morgan fingerprint density at radius 2 is 1.91 bits per heavy atom. The average Bonchev–Trinajstić information content (AvgIpc) is 2.50. The number of imide groups is 1. The van der Waals surface area contributed by atoms with E-state index in [0.717, 1.165) is 0 Å². The van der Waals surface area contributed by atoms with Crippen LogP contribution in [0.1, 0.15) is 54.0 Å². The van der Waals surface area contributed by atoms with Gasteiger partial charge < -0.3 is 0 Å². The molecule has 22 heavy (non-hydrogen) atoms. The van der Waals surface area contributed by atoms with Crippen molar-refractivity contribution in [3.05, 3.63) is 34.9 Å². The van der Waals surface area contributed by atoms with E-state index < -0.39 is 5.91 Å². The molecule has 116 valence electrons. The second-order valence-corrected chi connectivity index (χ2v) is 5.84. The first-order valence-electron chi connectivity index (χ1n) is 7.16. The largest absolute Gasteiger partial charge is 0.298 e. The van der Waals surface area contributed by atoms with Gasteiger partial charge in [0, 0.05) is 18.0 Å². The summed E-state index contributed by atoms with van der Waals surface area (Å²) in [5.74, 6) is -0.975. The lowest BCUT2D eigenvalue weighted by Gasteiger charge is -2.25. The first-order chi connectivity index (χ1) is 10.3. The van der Waals surface area contributed by atoms with Crippen LogP contribution < -0.4 is 0 Å².